The van der Waals surface area contributed by atoms with E-state index in [1.165, 1.54) is 6.92 Å². The highest BCUT2D eigenvalue weighted by atomic mass is 79.9. The zero-order valence-electron chi connectivity index (χ0n) is 9.67. The molecule has 0 heterocycles. The maximum absolute atomic E-state index is 14.6. The van der Waals surface area contributed by atoms with E-state index in [1.807, 2.05) is 0 Å². The standard InChI is InChI=1S/C11H11BrF2O4/c1-3-11(14)7(8(15)10(16)17)5(12)4-6(18-2)9(11)13/h4,7H,3H2,1-2H3,(H,16,17). The van der Waals surface area contributed by atoms with Gasteiger partial charge in [0, 0.05) is 4.48 Å². The number of allylic oxidation sites excluding steroid dienone is 3. The van der Waals surface area contributed by atoms with Gasteiger partial charge in [-0.05, 0) is 12.5 Å². The average molecular weight is 325 g/mol. The lowest BCUT2D eigenvalue weighted by Crippen LogP contribution is -2.44. The minimum atomic E-state index is -2.71. The highest BCUT2D eigenvalue weighted by Gasteiger charge is 2.53. The third-order valence-corrected chi connectivity index (χ3v) is 3.48. The summed E-state index contributed by atoms with van der Waals surface area (Å²) in [6.45, 7) is 1.32. The van der Waals surface area contributed by atoms with Crippen molar-refractivity contribution in [2.45, 2.75) is 19.0 Å². The van der Waals surface area contributed by atoms with Gasteiger partial charge in [0.1, 0.15) is 5.92 Å². The Balaban J connectivity index is 3.38. The maximum Gasteiger partial charge on any atom is 0.372 e. The first-order valence-electron chi connectivity index (χ1n) is 5.07. The van der Waals surface area contributed by atoms with Crippen molar-refractivity contribution >= 4 is 27.7 Å². The molecule has 0 amide bonds. The first kappa shape index (κ1) is 14.8. The molecule has 0 saturated heterocycles. The molecule has 0 aromatic rings. The fourth-order valence-corrected chi connectivity index (χ4v) is 2.57. The predicted octanol–water partition coefficient (Wildman–Crippen LogP) is 2.49. The van der Waals surface area contributed by atoms with Crippen molar-refractivity contribution in [3.05, 3.63) is 22.1 Å². The molecule has 7 heteroatoms. The first-order chi connectivity index (χ1) is 8.29. The van der Waals surface area contributed by atoms with E-state index in [4.69, 9.17) is 5.11 Å². The molecule has 0 aromatic heterocycles. The molecular formula is C11H11BrF2O4. The number of ether oxygens (including phenoxy) is 1. The second-order valence-corrected chi connectivity index (χ2v) is 4.65. The SMILES string of the molecule is CCC1(F)C(F)=C(OC)C=C(Br)C1C(=O)C(=O)O. The predicted molar refractivity (Wildman–Crippen MR) is 62.4 cm³/mol. The minimum absolute atomic E-state index is 0.0579. The molecule has 0 radical (unpaired) electrons. The van der Waals surface area contributed by atoms with Crippen LogP contribution in [0.1, 0.15) is 13.3 Å². The minimum Gasteiger partial charge on any atom is -0.494 e. The van der Waals surface area contributed by atoms with Gasteiger partial charge in [0.05, 0.1) is 7.11 Å². The van der Waals surface area contributed by atoms with Crippen LogP contribution in [-0.4, -0.2) is 29.6 Å². The number of rotatable bonds is 4. The number of ketones is 1. The van der Waals surface area contributed by atoms with Gasteiger partial charge in [0.2, 0.25) is 0 Å². The van der Waals surface area contributed by atoms with Gasteiger partial charge in [-0.15, -0.1) is 0 Å². The number of aliphatic carboxylic acids is 1. The van der Waals surface area contributed by atoms with Crippen molar-refractivity contribution in [2.75, 3.05) is 7.11 Å². The van der Waals surface area contributed by atoms with Crippen LogP contribution >= 0.6 is 15.9 Å². The number of alkyl halides is 1. The van der Waals surface area contributed by atoms with E-state index < -0.39 is 35.6 Å². The second-order valence-electron chi connectivity index (χ2n) is 3.73. The molecule has 4 nitrogen and oxygen atoms in total. The fourth-order valence-electron chi connectivity index (χ4n) is 1.79. The molecular weight excluding hydrogens is 314 g/mol. The summed E-state index contributed by atoms with van der Waals surface area (Å²) in [5, 5.41) is 8.66. The third-order valence-electron chi connectivity index (χ3n) is 2.79. The Kier molecular flexibility index (Phi) is 4.26. The van der Waals surface area contributed by atoms with E-state index in [-0.39, 0.29) is 10.2 Å². The summed E-state index contributed by atoms with van der Waals surface area (Å²) < 4.78 is 33.1. The average Bonchev–Trinajstić information content (AvgIpc) is 2.33. The molecule has 1 rings (SSSR count). The Morgan fingerprint density at radius 1 is 1.61 bits per heavy atom. The number of methoxy groups -OCH3 is 1. The van der Waals surface area contributed by atoms with Crippen LogP contribution in [-0.2, 0) is 14.3 Å². The first-order valence-corrected chi connectivity index (χ1v) is 5.86. The number of halogens is 3. The van der Waals surface area contributed by atoms with Gasteiger partial charge < -0.3 is 9.84 Å². The summed E-state index contributed by atoms with van der Waals surface area (Å²) in [4.78, 5) is 22.2. The topological polar surface area (TPSA) is 63.6 Å². The molecule has 2 atom stereocenters. The van der Waals surface area contributed by atoms with Gasteiger partial charge >= 0.3 is 5.97 Å². The molecule has 18 heavy (non-hydrogen) atoms. The van der Waals surface area contributed by atoms with Crippen LogP contribution in [0.5, 0.6) is 0 Å². The zero-order valence-corrected chi connectivity index (χ0v) is 11.3. The van der Waals surface area contributed by atoms with Crippen LogP contribution in [0.3, 0.4) is 0 Å². The lowest BCUT2D eigenvalue weighted by atomic mass is 9.79. The molecule has 0 bridgehead atoms. The summed E-state index contributed by atoms with van der Waals surface area (Å²) in [5.74, 6) is -6.59. The van der Waals surface area contributed by atoms with Crippen LogP contribution in [0.25, 0.3) is 0 Å². The Morgan fingerprint density at radius 3 is 2.56 bits per heavy atom. The lowest BCUT2D eigenvalue weighted by molar-refractivity contribution is -0.152. The van der Waals surface area contributed by atoms with Gasteiger partial charge in [-0.25, -0.2) is 13.6 Å². The molecule has 0 fully saturated rings. The van der Waals surface area contributed by atoms with Gasteiger partial charge in [0.25, 0.3) is 5.78 Å². The molecule has 0 spiro atoms. The number of carbonyl (C=O) groups is 2. The van der Waals surface area contributed by atoms with Crippen LogP contribution < -0.4 is 0 Å². The normalized spacial score (nSPS) is 27.8. The molecule has 0 aliphatic heterocycles. The molecule has 0 aromatic carbocycles. The Morgan fingerprint density at radius 2 is 2.17 bits per heavy atom. The van der Waals surface area contributed by atoms with Crippen molar-refractivity contribution in [3.63, 3.8) is 0 Å². The number of Topliss-reactive ketones (excluding diaryl/α,β-unsaturated/α-hetero) is 1. The number of carbonyl (C=O) groups excluding carboxylic acids is 1. The summed E-state index contributed by atoms with van der Waals surface area (Å²) >= 11 is 2.90. The second kappa shape index (κ2) is 5.17. The van der Waals surface area contributed by atoms with Crippen molar-refractivity contribution in [2.24, 2.45) is 5.92 Å². The quantitative estimate of drug-likeness (QED) is 0.807. The van der Waals surface area contributed by atoms with E-state index >= 15 is 0 Å². The van der Waals surface area contributed by atoms with Crippen molar-refractivity contribution in [1.29, 1.82) is 0 Å². The fraction of sp³-hybridized carbons (Fsp3) is 0.455. The molecule has 1 aliphatic rings. The molecule has 100 valence electrons. The van der Waals surface area contributed by atoms with Gasteiger partial charge in [-0.1, -0.05) is 22.9 Å². The van der Waals surface area contributed by atoms with E-state index in [0.717, 1.165) is 13.2 Å². The Labute approximate surface area is 110 Å². The molecule has 1 N–H and O–H groups in total. The third kappa shape index (κ3) is 2.19. The van der Waals surface area contributed by atoms with Crippen molar-refractivity contribution in [3.8, 4) is 0 Å². The Hall–Kier alpha value is -1.24. The van der Waals surface area contributed by atoms with Crippen molar-refractivity contribution < 1.29 is 28.2 Å². The monoisotopic (exact) mass is 324 g/mol. The van der Waals surface area contributed by atoms with E-state index in [9.17, 15) is 18.4 Å². The summed E-state index contributed by atoms with van der Waals surface area (Å²) in [5.41, 5.74) is -2.71. The zero-order chi connectivity index (χ0) is 14.1. The maximum atomic E-state index is 14.6. The number of carboxylic acids is 1. The molecule has 2 unspecified atom stereocenters. The summed E-state index contributed by atoms with van der Waals surface area (Å²) in [6, 6.07) is 0. The smallest absolute Gasteiger partial charge is 0.372 e. The van der Waals surface area contributed by atoms with E-state index in [2.05, 4.69) is 20.7 Å². The van der Waals surface area contributed by atoms with Crippen LogP contribution in [0.15, 0.2) is 22.1 Å². The molecule has 0 saturated carbocycles. The highest BCUT2D eigenvalue weighted by Crippen LogP contribution is 2.46. The largest absolute Gasteiger partial charge is 0.494 e. The number of carboxylic acid groups (broad SMARTS) is 1. The van der Waals surface area contributed by atoms with Crippen molar-refractivity contribution in [1.82, 2.24) is 0 Å². The number of hydrogen-bond acceptors (Lipinski definition) is 3. The van der Waals surface area contributed by atoms with Crippen LogP contribution in [0, 0.1) is 5.92 Å². The summed E-state index contributed by atoms with van der Waals surface area (Å²) in [6.07, 6.45) is 0.673. The summed E-state index contributed by atoms with van der Waals surface area (Å²) in [7, 11) is 1.15. The highest BCUT2D eigenvalue weighted by molar-refractivity contribution is 9.11. The molecule has 1 aliphatic carbocycles. The Bertz CT molecular complexity index is 458. The van der Waals surface area contributed by atoms with Gasteiger partial charge in [0.15, 0.2) is 17.3 Å². The van der Waals surface area contributed by atoms with Gasteiger partial charge in [-0.2, -0.15) is 0 Å². The van der Waals surface area contributed by atoms with Gasteiger partial charge in [-0.3, -0.25) is 4.79 Å². The van der Waals surface area contributed by atoms with Crippen LogP contribution in [0.4, 0.5) is 8.78 Å². The van der Waals surface area contributed by atoms with E-state index in [0.29, 0.717) is 0 Å². The van der Waals surface area contributed by atoms with E-state index in [1.54, 1.807) is 0 Å². The number of hydrogen-bond donors (Lipinski definition) is 1. The van der Waals surface area contributed by atoms with Crippen LogP contribution in [0.2, 0.25) is 0 Å². The lowest BCUT2D eigenvalue weighted by Gasteiger charge is -2.33.